The molecule has 0 radical (unpaired) electrons. The number of carbonyl (C=O) groups is 2. The number of ether oxygens (including phenoxy) is 2. The highest BCUT2D eigenvalue weighted by atomic mass is 19.4. The van der Waals surface area contributed by atoms with Gasteiger partial charge >= 0.3 is 12.1 Å². The van der Waals surface area contributed by atoms with E-state index in [0.29, 0.717) is 32.1 Å². The van der Waals surface area contributed by atoms with E-state index in [4.69, 9.17) is 23.8 Å². The molecule has 11 heteroatoms. The number of pyridine rings is 1. The predicted molar refractivity (Wildman–Crippen MR) is 104 cm³/mol. The molecule has 2 aliphatic heterocycles. The summed E-state index contributed by atoms with van der Waals surface area (Å²) in [6.45, 7) is 4.28. The number of carbonyl (C=O) groups excluding carboxylic acids is 1. The summed E-state index contributed by atoms with van der Waals surface area (Å²) < 4.78 is 49.2. The van der Waals surface area contributed by atoms with Gasteiger partial charge in [0.15, 0.2) is 5.76 Å². The number of rotatable bonds is 4. The van der Waals surface area contributed by atoms with E-state index in [1.54, 1.807) is 23.4 Å². The normalized spacial score (nSPS) is 19.6. The maximum Gasteiger partial charge on any atom is 0.490 e. The molecule has 0 bridgehead atoms. The quantitative estimate of drug-likeness (QED) is 0.754. The zero-order valence-electron chi connectivity index (χ0n) is 17.3. The second-order valence-electron chi connectivity index (χ2n) is 7.69. The number of carboxylic acids is 1. The minimum atomic E-state index is -5.08. The van der Waals surface area contributed by atoms with Crippen molar-refractivity contribution in [2.45, 2.75) is 44.3 Å². The van der Waals surface area contributed by atoms with Crippen LogP contribution in [0.15, 0.2) is 41.1 Å². The monoisotopic (exact) mass is 456 g/mol. The Labute approximate surface area is 181 Å². The number of amides is 1. The lowest BCUT2D eigenvalue weighted by atomic mass is 9.84. The molecule has 1 N–H and O–H groups in total. The lowest BCUT2D eigenvalue weighted by Gasteiger charge is -2.52. The van der Waals surface area contributed by atoms with Crippen LogP contribution in [0.1, 0.15) is 34.7 Å². The standard InChI is InChI=1S/C19H22N2O4.C2HF3O2/c1-14-2-3-17(25-14)18(22)21-12-19(13-21)10-16(6-9-24-19)23-11-15-4-7-20-8-5-15;3-2(4,5)1(6)7/h2-5,7-8,16H,6,9-13H2,1H3;(H,6,7). The topological polar surface area (TPSA) is 102 Å². The molecule has 2 aliphatic rings. The van der Waals surface area contributed by atoms with Gasteiger partial charge in [-0.25, -0.2) is 4.79 Å². The van der Waals surface area contributed by atoms with Crippen LogP contribution in [-0.4, -0.2) is 64.4 Å². The third-order valence-electron chi connectivity index (χ3n) is 5.12. The van der Waals surface area contributed by atoms with Crippen LogP contribution in [0, 0.1) is 6.92 Å². The number of aryl methyl sites for hydroxylation is 1. The van der Waals surface area contributed by atoms with E-state index in [2.05, 4.69) is 4.98 Å². The van der Waals surface area contributed by atoms with Crippen molar-refractivity contribution in [3.63, 3.8) is 0 Å². The molecule has 2 aromatic rings. The van der Waals surface area contributed by atoms with Crippen molar-refractivity contribution in [1.82, 2.24) is 9.88 Å². The first-order valence-corrected chi connectivity index (χ1v) is 9.88. The highest BCUT2D eigenvalue weighted by Crippen LogP contribution is 2.36. The molecular weight excluding hydrogens is 433 g/mol. The maximum absolute atomic E-state index is 12.4. The van der Waals surface area contributed by atoms with E-state index in [9.17, 15) is 18.0 Å². The van der Waals surface area contributed by atoms with Gasteiger partial charge in [0.25, 0.3) is 5.91 Å². The molecule has 8 nitrogen and oxygen atoms in total. The highest BCUT2D eigenvalue weighted by Gasteiger charge is 2.50. The minimum absolute atomic E-state index is 0.0675. The third kappa shape index (κ3) is 6.07. The Kier molecular flexibility index (Phi) is 7.19. The molecule has 32 heavy (non-hydrogen) atoms. The molecule has 4 rings (SSSR count). The number of halogens is 3. The van der Waals surface area contributed by atoms with E-state index in [1.165, 1.54) is 0 Å². The molecule has 174 valence electrons. The summed E-state index contributed by atoms with van der Waals surface area (Å²) in [7, 11) is 0. The lowest BCUT2D eigenvalue weighted by molar-refractivity contribution is -0.192. The van der Waals surface area contributed by atoms with E-state index in [1.807, 2.05) is 25.1 Å². The van der Waals surface area contributed by atoms with Crippen LogP contribution in [-0.2, 0) is 20.9 Å². The predicted octanol–water partition coefficient (Wildman–Crippen LogP) is 3.21. The molecular formula is C21H23F3N2O6. The van der Waals surface area contributed by atoms with Crippen molar-refractivity contribution < 1.29 is 41.8 Å². The average molecular weight is 456 g/mol. The van der Waals surface area contributed by atoms with Gasteiger partial charge in [-0.05, 0) is 43.2 Å². The Morgan fingerprint density at radius 1 is 1.25 bits per heavy atom. The van der Waals surface area contributed by atoms with Gasteiger partial charge in [0.05, 0.1) is 25.8 Å². The zero-order valence-corrected chi connectivity index (χ0v) is 17.3. The van der Waals surface area contributed by atoms with E-state index in [0.717, 1.165) is 24.2 Å². The van der Waals surface area contributed by atoms with Crippen LogP contribution in [0.4, 0.5) is 13.2 Å². The summed E-state index contributed by atoms with van der Waals surface area (Å²) in [4.78, 5) is 27.1. The summed E-state index contributed by atoms with van der Waals surface area (Å²) in [6, 6.07) is 7.46. The summed E-state index contributed by atoms with van der Waals surface area (Å²) in [6.07, 6.45) is 0.327. The van der Waals surface area contributed by atoms with Crippen molar-refractivity contribution in [3.8, 4) is 0 Å². The van der Waals surface area contributed by atoms with E-state index >= 15 is 0 Å². The number of hydrogen-bond acceptors (Lipinski definition) is 6. The molecule has 0 aromatic carbocycles. The van der Waals surface area contributed by atoms with Crippen molar-refractivity contribution >= 4 is 11.9 Å². The van der Waals surface area contributed by atoms with Gasteiger partial charge in [-0.2, -0.15) is 13.2 Å². The molecule has 0 aliphatic carbocycles. The minimum Gasteiger partial charge on any atom is -0.475 e. The first-order chi connectivity index (χ1) is 15.1. The highest BCUT2D eigenvalue weighted by molar-refractivity contribution is 5.92. The summed E-state index contributed by atoms with van der Waals surface area (Å²) in [5, 5.41) is 7.12. The molecule has 4 heterocycles. The van der Waals surface area contributed by atoms with Crippen molar-refractivity contribution in [3.05, 3.63) is 53.7 Å². The number of carboxylic acid groups (broad SMARTS) is 1. The number of hydrogen-bond donors (Lipinski definition) is 1. The van der Waals surface area contributed by atoms with E-state index < -0.39 is 12.1 Å². The van der Waals surface area contributed by atoms with E-state index in [-0.39, 0.29) is 17.6 Å². The Morgan fingerprint density at radius 2 is 1.91 bits per heavy atom. The Hall–Kier alpha value is -2.92. The fourth-order valence-electron chi connectivity index (χ4n) is 3.54. The number of aromatic nitrogens is 1. The SMILES string of the molecule is Cc1ccc(C(=O)N2CC3(CC(OCc4ccncc4)CCO3)C2)o1.O=C(O)C(F)(F)F. The second-order valence-corrected chi connectivity index (χ2v) is 7.69. The third-order valence-corrected chi connectivity index (χ3v) is 5.12. The van der Waals surface area contributed by atoms with Gasteiger partial charge in [-0.3, -0.25) is 9.78 Å². The maximum atomic E-state index is 12.4. The summed E-state index contributed by atoms with van der Waals surface area (Å²) in [5.74, 6) is -1.68. The van der Waals surface area contributed by atoms with Gasteiger partial charge in [0.1, 0.15) is 11.4 Å². The largest absolute Gasteiger partial charge is 0.490 e. The Bertz CT molecular complexity index is 925. The van der Waals surface area contributed by atoms with Crippen LogP contribution in [0.2, 0.25) is 0 Å². The van der Waals surface area contributed by atoms with Crippen LogP contribution >= 0.6 is 0 Å². The fraction of sp³-hybridized carbons (Fsp3) is 0.476. The smallest absolute Gasteiger partial charge is 0.475 e. The molecule has 1 unspecified atom stereocenters. The number of furan rings is 1. The van der Waals surface area contributed by atoms with Crippen molar-refractivity contribution in [1.29, 1.82) is 0 Å². The molecule has 2 saturated heterocycles. The van der Waals surface area contributed by atoms with Gasteiger partial charge in [0.2, 0.25) is 0 Å². The van der Waals surface area contributed by atoms with Crippen LogP contribution < -0.4 is 0 Å². The number of alkyl halides is 3. The Balaban J connectivity index is 0.000000360. The summed E-state index contributed by atoms with van der Waals surface area (Å²) in [5.41, 5.74) is 0.854. The molecule has 2 aromatic heterocycles. The van der Waals surface area contributed by atoms with Gasteiger partial charge in [0, 0.05) is 25.4 Å². The van der Waals surface area contributed by atoms with Gasteiger partial charge in [-0.15, -0.1) is 0 Å². The molecule has 1 amide bonds. The lowest BCUT2D eigenvalue weighted by Crippen LogP contribution is -2.67. The number of aliphatic carboxylic acids is 1. The first kappa shape index (κ1) is 23.7. The zero-order chi connectivity index (χ0) is 23.4. The molecule has 1 spiro atoms. The van der Waals surface area contributed by atoms with Crippen molar-refractivity contribution in [2.24, 2.45) is 0 Å². The van der Waals surface area contributed by atoms with Crippen molar-refractivity contribution in [2.75, 3.05) is 19.7 Å². The Morgan fingerprint density at radius 3 is 2.47 bits per heavy atom. The van der Waals surface area contributed by atoms with Crippen LogP contribution in [0.5, 0.6) is 0 Å². The fourth-order valence-corrected chi connectivity index (χ4v) is 3.54. The molecule has 0 saturated carbocycles. The molecule has 1 atom stereocenters. The summed E-state index contributed by atoms with van der Waals surface area (Å²) >= 11 is 0. The van der Waals surface area contributed by atoms with Gasteiger partial charge < -0.3 is 23.9 Å². The number of likely N-dealkylation sites (tertiary alicyclic amines) is 1. The van der Waals surface area contributed by atoms with Crippen LogP contribution in [0.25, 0.3) is 0 Å². The van der Waals surface area contributed by atoms with Gasteiger partial charge in [-0.1, -0.05) is 0 Å². The van der Waals surface area contributed by atoms with Crippen LogP contribution in [0.3, 0.4) is 0 Å². The number of nitrogens with zero attached hydrogens (tertiary/aromatic N) is 2. The molecule has 2 fully saturated rings. The first-order valence-electron chi connectivity index (χ1n) is 9.88. The average Bonchev–Trinajstić information content (AvgIpc) is 3.17. The second kappa shape index (κ2) is 9.70.